The minimum atomic E-state index is -3.70. The Morgan fingerprint density at radius 3 is 2.27 bits per heavy atom. The van der Waals surface area contributed by atoms with Gasteiger partial charge in [-0.2, -0.15) is 0 Å². The van der Waals surface area contributed by atoms with Gasteiger partial charge >= 0.3 is 0 Å². The molecule has 0 bridgehead atoms. The Morgan fingerprint density at radius 2 is 1.73 bits per heavy atom. The predicted molar refractivity (Wildman–Crippen MR) is 119 cm³/mol. The van der Waals surface area contributed by atoms with E-state index in [-0.39, 0.29) is 19.0 Å². The topological polar surface area (TPSA) is 86.8 Å². The van der Waals surface area contributed by atoms with Crippen molar-refractivity contribution in [2.75, 3.05) is 24.2 Å². The summed E-state index contributed by atoms with van der Waals surface area (Å²) in [4.78, 5) is 27.2. The van der Waals surface area contributed by atoms with Crippen LogP contribution in [0.1, 0.15) is 24.5 Å². The van der Waals surface area contributed by atoms with Gasteiger partial charge in [-0.3, -0.25) is 13.9 Å². The monoisotopic (exact) mass is 431 g/mol. The molecular weight excluding hydrogens is 402 g/mol. The summed E-state index contributed by atoms with van der Waals surface area (Å²) in [6.45, 7) is 3.59. The molecule has 8 heteroatoms. The van der Waals surface area contributed by atoms with Crippen LogP contribution >= 0.6 is 0 Å². The van der Waals surface area contributed by atoms with Gasteiger partial charge in [-0.25, -0.2) is 8.42 Å². The number of aryl methyl sites for hydroxylation is 1. The molecule has 7 nitrogen and oxygen atoms in total. The number of hydrogen-bond donors (Lipinski definition) is 1. The van der Waals surface area contributed by atoms with Crippen molar-refractivity contribution in [3.63, 3.8) is 0 Å². The Labute approximate surface area is 178 Å². The van der Waals surface area contributed by atoms with Gasteiger partial charge in [-0.1, -0.05) is 55.0 Å². The van der Waals surface area contributed by atoms with Gasteiger partial charge in [0.1, 0.15) is 12.6 Å². The Bertz CT molecular complexity index is 977. The number of likely N-dealkylation sites (N-methyl/N-ethyl adjacent to an activating group) is 1. The van der Waals surface area contributed by atoms with Crippen molar-refractivity contribution in [3.05, 3.63) is 65.7 Å². The van der Waals surface area contributed by atoms with E-state index in [1.807, 2.05) is 38.1 Å². The van der Waals surface area contributed by atoms with Crippen molar-refractivity contribution in [1.29, 1.82) is 0 Å². The zero-order valence-electron chi connectivity index (χ0n) is 17.8. The second kappa shape index (κ2) is 10.2. The molecule has 2 aromatic carbocycles. The van der Waals surface area contributed by atoms with E-state index in [4.69, 9.17) is 0 Å². The molecule has 1 N–H and O–H groups in total. The van der Waals surface area contributed by atoms with Gasteiger partial charge in [0.15, 0.2) is 0 Å². The van der Waals surface area contributed by atoms with Gasteiger partial charge in [-0.05, 0) is 31.0 Å². The summed E-state index contributed by atoms with van der Waals surface area (Å²) in [5.41, 5.74) is 2.31. The molecule has 0 saturated carbocycles. The van der Waals surface area contributed by atoms with E-state index in [0.717, 1.165) is 21.7 Å². The number of benzene rings is 2. The van der Waals surface area contributed by atoms with Gasteiger partial charge in [0.25, 0.3) is 0 Å². The molecule has 0 aliphatic rings. The first-order valence-corrected chi connectivity index (χ1v) is 11.6. The Kier molecular flexibility index (Phi) is 8.00. The van der Waals surface area contributed by atoms with E-state index in [2.05, 4.69) is 5.32 Å². The lowest BCUT2D eigenvalue weighted by Gasteiger charge is -2.32. The molecule has 1 atom stereocenters. The zero-order chi connectivity index (χ0) is 22.3. The average Bonchev–Trinajstić information content (AvgIpc) is 2.71. The maximum absolute atomic E-state index is 13.3. The fraction of sp³-hybridized carbons (Fsp3) is 0.364. The number of para-hydroxylation sites is 1. The second-order valence-electron chi connectivity index (χ2n) is 7.15. The van der Waals surface area contributed by atoms with E-state index in [1.54, 1.807) is 30.3 Å². The van der Waals surface area contributed by atoms with Crippen LogP contribution in [0.15, 0.2) is 54.6 Å². The van der Waals surface area contributed by atoms with E-state index in [1.165, 1.54) is 11.9 Å². The van der Waals surface area contributed by atoms with Crippen LogP contribution in [-0.2, 0) is 26.2 Å². The molecule has 0 aromatic heterocycles. The fourth-order valence-corrected chi connectivity index (χ4v) is 4.15. The van der Waals surface area contributed by atoms with E-state index in [0.29, 0.717) is 12.1 Å². The first-order valence-electron chi connectivity index (χ1n) is 9.76. The highest BCUT2D eigenvalue weighted by atomic mass is 32.2. The summed E-state index contributed by atoms with van der Waals surface area (Å²) in [6, 6.07) is 15.4. The number of carbonyl (C=O) groups excluding carboxylic acids is 2. The number of amides is 2. The summed E-state index contributed by atoms with van der Waals surface area (Å²) in [6.07, 6.45) is 1.47. The SMILES string of the molecule is CC[C@@H](C(=O)NC)N(Cc1cccc(C)c1)C(=O)CN(c1ccccc1)S(C)(=O)=O. The third-order valence-electron chi connectivity index (χ3n) is 4.79. The van der Waals surface area contributed by atoms with Crippen LogP contribution in [0.25, 0.3) is 0 Å². The number of nitrogens with one attached hydrogen (secondary N) is 1. The van der Waals surface area contributed by atoms with Crippen molar-refractivity contribution in [2.45, 2.75) is 32.9 Å². The van der Waals surface area contributed by atoms with Crippen LogP contribution in [0.5, 0.6) is 0 Å². The Morgan fingerprint density at radius 1 is 1.07 bits per heavy atom. The van der Waals surface area contributed by atoms with Crippen LogP contribution in [0.3, 0.4) is 0 Å². The standard InChI is InChI=1S/C22H29N3O4S/c1-5-20(22(27)23-3)24(15-18-11-9-10-17(2)14-18)21(26)16-25(30(4,28)29)19-12-7-6-8-13-19/h6-14,20H,5,15-16H2,1-4H3,(H,23,27)/t20-/m0/s1. The van der Waals surface area contributed by atoms with E-state index in [9.17, 15) is 18.0 Å². The van der Waals surface area contributed by atoms with Crippen molar-refractivity contribution in [2.24, 2.45) is 0 Å². The van der Waals surface area contributed by atoms with Gasteiger partial charge in [0.05, 0.1) is 11.9 Å². The fourth-order valence-electron chi connectivity index (χ4n) is 3.30. The first-order chi connectivity index (χ1) is 14.2. The Hall–Kier alpha value is -2.87. The van der Waals surface area contributed by atoms with Gasteiger partial charge in [-0.15, -0.1) is 0 Å². The molecule has 0 radical (unpaired) electrons. The number of anilines is 1. The maximum Gasteiger partial charge on any atom is 0.244 e. The number of rotatable bonds is 9. The summed E-state index contributed by atoms with van der Waals surface area (Å²) < 4.78 is 25.9. The van der Waals surface area contributed by atoms with Crippen molar-refractivity contribution < 1.29 is 18.0 Å². The normalized spacial score (nSPS) is 12.1. The highest BCUT2D eigenvalue weighted by molar-refractivity contribution is 7.92. The van der Waals surface area contributed by atoms with Crippen LogP contribution in [-0.4, -0.2) is 51.0 Å². The van der Waals surface area contributed by atoms with Crippen molar-refractivity contribution in [1.82, 2.24) is 10.2 Å². The van der Waals surface area contributed by atoms with Crippen molar-refractivity contribution in [3.8, 4) is 0 Å². The number of carbonyl (C=O) groups is 2. The molecule has 0 unspecified atom stereocenters. The van der Waals surface area contributed by atoms with Crippen molar-refractivity contribution >= 4 is 27.5 Å². The average molecular weight is 432 g/mol. The van der Waals surface area contributed by atoms with E-state index < -0.39 is 22.0 Å². The third-order valence-corrected chi connectivity index (χ3v) is 5.93. The molecule has 0 aliphatic carbocycles. The minimum Gasteiger partial charge on any atom is -0.357 e. The molecule has 0 aliphatic heterocycles. The molecule has 0 heterocycles. The molecule has 162 valence electrons. The third kappa shape index (κ3) is 6.06. The van der Waals surface area contributed by atoms with Gasteiger partial charge < -0.3 is 10.2 Å². The zero-order valence-corrected chi connectivity index (χ0v) is 18.6. The minimum absolute atomic E-state index is 0.207. The molecule has 30 heavy (non-hydrogen) atoms. The molecule has 2 rings (SSSR count). The smallest absolute Gasteiger partial charge is 0.244 e. The van der Waals surface area contributed by atoms with Gasteiger partial charge in [0, 0.05) is 13.6 Å². The lowest BCUT2D eigenvalue weighted by Crippen LogP contribution is -2.51. The highest BCUT2D eigenvalue weighted by Gasteiger charge is 2.31. The van der Waals surface area contributed by atoms with Crippen LogP contribution < -0.4 is 9.62 Å². The molecule has 2 amide bonds. The largest absolute Gasteiger partial charge is 0.357 e. The lowest BCUT2D eigenvalue weighted by molar-refractivity contribution is -0.140. The molecular formula is C22H29N3O4S. The van der Waals surface area contributed by atoms with E-state index >= 15 is 0 Å². The van der Waals surface area contributed by atoms with Crippen LogP contribution in [0, 0.1) is 6.92 Å². The first kappa shape index (κ1) is 23.4. The summed E-state index contributed by atoms with van der Waals surface area (Å²) >= 11 is 0. The Balaban J connectivity index is 2.40. The molecule has 2 aromatic rings. The molecule has 0 fully saturated rings. The number of hydrogen-bond acceptors (Lipinski definition) is 4. The van der Waals surface area contributed by atoms with Gasteiger partial charge in [0.2, 0.25) is 21.8 Å². The molecule has 0 spiro atoms. The maximum atomic E-state index is 13.3. The lowest BCUT2D eigenvalue weighted by atomic mass is 10.1. The summed E-state index contributed by atoms with van der Waals surface area (Å²) in [5.74, 6) is -0.731. The molecule has 0 saturated heterocycles. The number of nitrogens with zero attached hydrogens (tertiary/aromatic N) is 2. The number of sulfonamides is 1. The summed E-state index contributed by atoms with van der Waals surface area (Å²) in [7, 11) is -2.18. The second-order valence-corrected chi connectivity index (χ2v) is 9.06. The predicted octanol–water partition coefficient (Wildman–Crippen LogP) is 2.31. The quantitative estimate of drug-likeness (QED) is 0.660. The highest BCUT2D eigenvalue weighted by Crippen LogP contribution is 2.19. The van der Waals surface area contributed by atoms with Crippen LogP contribution in [0.4, 0.5) is 5.69 Å². The summed E-state index contributed by atoms with van der Waals surface area (Å²) in [5, 5.41) is 2.60. The van der Waals surface area contributed by atoms with Crippen LogP contribution in [0.2, 0.25) is 0 Å².